The van der Waals surface area contributed by atoms with Crippen LogP contribution in [0.15, 0.2) is 35.5 Å². The molecule has 1 aliphatic heterocycles. The number of aromatic amines is 1. The lowest BCUT2D eigenvalue weighted by atomic mass is 10.00. The molecule has 0 bridgehead atoms. The van der Waals surface area contributed by atoms with Crippen LogP contribution in [-0.2, 0) is 7.05 Å². The average Bonchev–Trinajstić information content (AvgIpc) is 3.47. The number of carboxylic acid groups (broad SMARTS) is 1. The molecule has 4 aromatic heterocycles. The third-order valence-corrected chi connectivity index (χ3v) is 9.02. The molecule has 0 amide bonds. The highest BCUT2D eigenvalue weighted by molar-refractivity contribution is 6.18. The number of pyridine rings is 3. The van der Waals surface area contributed by atoms with Gasteiger partial charge in [-0.1, -0.05) is 0 Å². The smallest absolute Gasteiger partial charge is 0.341 e. The Morgan fingerprint density at radius 2 is 1.98 bits per heavy atom. The fraction of sp³-hybridized carbons (Fsp3) is 0.355. The molecule has 1 unspecified atom stereocenters. The molecule has 1 spiro atoms. The molecule has 0 radical (unpaired) electrons. The number of carbonyl (C=O) groups is 1. The number of rotatable bonds is 6. The first kappa shape index (κ1) is 27.3. The number of nitrogens with zero attached hydrogens (tertiary/aromatic N) is 5. The maximum atomic E-state index is 15.8. The molecule has 3 N–H and O–H groups in total. The number of halogens is 2. The van der Waals surface area contributed by atoms with Gasteiger partial charge in [0.05, 0.1) is 33.1 Å². The van der Waals surface area contributed by atoms with Crippen LogP contribution in [0, 0.1) is 17.0 Å². The number of H-pyrrole nitrogens is 1. The summed E-state index contributed by atoms with van der Waals surface area (Å²) in [4.78, 5) is 41.9. The lowest BCUT2D eigenvalue weighted by Crippen LogP contribution is -2.38. The van der Waals surface area contributed by atoms with Gasteiger partial charge < -0.3 is 29.8 Å². The highest BCUT2D eigenvalue weighted by atomic mass is 19.2. The van der Waals surface area contributed by atoms with E-state index in [9.17, 15) is 14.7 Å². The van der Waals surface area contributed by atoms with Crippen LogP contribution in [0.25, 0.3) is 44.1 Å². The number of likely N-dealkylation sites (N-methyl/N-ethyl adjacent to an activating group) is 1. The van der Waals surface area contributed by atoms with Gasteiger partial charge in [0.2, 0.25) is 5.43 Å². The third-order valence-electron chi connectivity index (χ3n) is 9.02. The molecule has 2 aliphatic rings. The van der Waals surface area contributed by atoms with Gasteiger partial charge in [-0.2, -0.15) is 0 Å². The van der Waals surface area contributed by atoms with Gasteiger partial charge in [-0.05, 0) is 44.8 Å². The van der Waals surface area contributed by atoms with E-state index in [4.69, 9.17) is 0 Å². The van der Waals surface area contributed by atoms with Crippen LogP contribution in [-0.4, -0.2) is 75.8 Å². The second-order valence-electron chi connectivity index (χ2n) is 12.2. The summed E-state index contributed by atoms with van der Waals surface area (Å²) in [7, 11) is 7.31. The first-order valence-corrected chi connectivity index (χ1v) is 14.2. The first-order valence-electron chi connectivity index (χ1n) is 14.2. The summed E-state index contributed by atoms with van der Waals surface area (Å²) in [5, 5.41) is 13.3. The Morgan fingerprint density at radius 3 is 2.65 bits per heavy atom. The van der Waals surface area contributed by atoms with Crippen molar-refractivity contribution in [2.24, 2.45) is 12.5 Å². The minimum absolute atomic E-state index is 0.0899. The van der Waals surface area contributed by atoms with E-state index < -0.39 is 23.0 Å². The Kier molecular flexibility index (Phi) is 6.00. The van der Waals surface area contributed by atoms with E-state index >= 15 is 8.78 Å². The predicted octanol–water partition coefficient (Wildman–Crippen LogP) is 4.57. The Bertz CT molecular complexity index is 2050. The van der Waals surface area contributed by atoms with Gasteiger partial charge in [-0.15, -0.1) is 0 Å². The zero-order valence-electron chi connectivity index (χ0n) is 24.3. The van der Waals surface area contributed by atoms with Crippen molar-refractivity contribution in [2.75, 3.05) is 44.4 Å². The summed E-state index contributed by atoms with van der Waals surface area (Å²) >= 11 is 0. The first-order chi connectivity index (χ1) is 20.5. The molecule has 7 rings (SSSR count). The Hall–Kier alpha value is -4.58. The van der Waals surface area contributed by atoms with Crippen LogP contribution < -0.4 is 15.6 Å². The fourth-order valence-corrected chi connectivity index (χ4v) is 6.86. The SMILES string of the molecule is CNc1cc(F)c(F)c2c1[nH]c1ncc(-c3cnc4c(c3)c(=O)c(C(=O)O)cn4C)c(N3CC4(CC4)CC3CN(C)C)c12. The maximum absolute atomic E-state index is 15.8. The van der Waals surface area contributed by atoms with E-state index in [0.29, 0.717) is 44.7 Å². The lowest BCUT2D eigenvalue weighted by Gasteiger charge is -2.31. The maximum Gasteiger partial charge on any atom is 0.341 e. The van der Waals surface area contributed by atoms with E-state index in [-0.39, 0.29) is 27.8 Å². The fourth-order valence-electron chi connectivity index (χ4n) is 6.86. The molecule has 1 aliphatic carbocycles. The molecule has 222 valence electrons. The predicted molar refractivity (Wildman–Crippen MR) is 162 cm³/mol. The number of hydrogen-bond acceptors (Lipinski definition) is 7. The molecular formula is C31H31F2N7O3. The molecule has 5 aromatic rings. The molecule has 1 aromatic carbocycles. The highest BCUT2D eigenvalue weighted by Gasteiger charge is 2.52. The van der Waals surface area contributed by atoms with Crippen molar-refractivity contribution in [2.45, 2.75) is 25.3 Å². The van der Waals surface area contributed by atoms with E-state index in [1.165, 1.54) is 10.8 Å². The van der Waals surface area contributed by atoms with Gasteiger partial charge in [-0.3, -0.25) is 4.79 Å². The van der Waals surface area contributed by atoms with Gasteiger partial charge in [0, 0.05) is 69.0 Å². The number of aromatic carboxylic acids is 1. The molecule has 1 atom stereocenters. The van der Waals surface area contributed by atoms with E-state index in [1.54, 1.807) is 32.6 Å². The molecular weight excluding hydrogens is 556 g/mol. The van der Waals surface area contributed by atoms with Crippen molar-refractivity contribution in [3.8, 4) is 11.1 Å². The quantitative estimate of drug-likeness (QED) is 0.265. The van der Waals surface area contributed by atoms with Crippen LogP contribution in [0.4, 0.5) is 20.2 Å². The summed E-state index contributed by atoms with van der Waals surface area (Å²) < 4.78 is 32.3. The lowest BCUT2D eigenvalue weighted by molar-refractivity contribution is 0.0695. The van der Waals surface area contributed by atoms with Crippen molar-refractivity contribution >= 4 is 50.3 Å². The summed E-state index contributed by atoms with van der Waals surface area (Å²) in [6, 6.07) is 2.84. The molecule has 10 nitrogen and oxygen atoms in total. The Morgan fingerprint density at radius 1 is 1.21 bits per heavy atom. The minimum Gasteiger partial charge on any atom is -0.477 e. The molecule has 1 saturated heterocycles. The Labute approximate surface area is 244 Å². The Balaban J connectivity index is 1.57. The standard InChI is InChI=1S/C31H31F2N7O3/c1-34-21-8-20(32)24(33)22-23-26(40-14-31(5-6-31)9-16(40)12-38(2)3)18(11-35-28(23)37-25(21)22)15-7-17-27(41)19(30(42)43)13-39(4)29(17)36-10-15/h7-8,10-11,13,16,34H,5-6,9,12,14H2,1-4H3,(H,35,37)(H,42,43). The number of anilines is 2. The number of benzene rings is 1. The van der Waals surface area contributed by atoms with Crippen molar-refractivity contribution < 1.29 is 18.7 Å². The van der Waals surface area contributed by atoms with E-state index in [2.05, 4.69) is 30.1 Å². The van der Waals surface area contributed by atoms with Gasteiger partial charge in [0.15, 0.2) is 11.6 Å². The number of nitrogens with one attached hydrogen (secondary N) is 2. The number of fused-ring (bicyclic) bond motifs is 4. The second-order valence-corrected chi connectivity index (χ2v) is 12.2. The van der Waals surface area contributed by atoms with Crippen LogP contribution in [0.2, 0.25) is 0 Å². The summed E-state index contributed by atoms with van der Waals surface area (Å²) in [6.07, 6.45) is 7.70. The summed E-state index contributed by atoms with van der Waals surface area (Å²) in [5.41, 5.74) is 2.51. The van der Waals surface area contributed by atoms with E-state index in [0.717, 1.165) is 38.4 Å². The number of aromatic nitrogens is 4. The number of hydrogen-bond donors (Lipinski definition) is 3. The third kappa shape index (κ3) is 4.15. The average molecular weight is 588 g/mol. The van der Waals surface area contributed by atoms with Gasteiger partial charge in [0.25, 0.3) is 0 Å². The topological polar surface area (TPSA) is 119 Å². The van der Waals surface area contributed by atoms with Gasteiger partial charge in [-0.25, -0.2) is 23.5 Å². The minimum atomic E-state index is -1.33. The zero-order valence-corrected chi connectivity index (χ0v) is 24.3. The molecule has 12 heteroatoms. The zero-order chi connectivity index (χ0) is 30.4. The van der Waals surface area contributed by atoms with Crippen LogP contribution in [0.1, 0.15) is 29.6 Å². The largest absolute Gasteiger partial charge is 0.477 e. The molecule has 43 heavy (non-hydrogen) atoms. The number of aryl methyl sites for hydroxylation is 1. The second kappa shape index (κ2) is 9.46. The summed E-state index contributed by atoms with van der Waals surface area (Å²) in [5.74, 6) is -3.27. The van der Waals surface area contributed by atoms with Crippen molar-refractivity contribution in [3.63, 3.8) is 0 Å². The van der Waals surface area contributed by atoms with Gasteiger partial charge >= 0.3 is 5.97 Å². The van der Waals surface area contributed by atoms with Crippen molar-refractivity contribution in [1.82, 2.24) is 24.4 Å². The summed E-state index contributed by atoms with van der Waals surface area (Å²) in [6.45, 7) is 1.50. The van der Waals surface area contributed by atoms with Crippen LogP contribution >= 0.6 is 0 Å². The number of carboxylic acids is 1. The normalized spacial score (nSPS) is 17.7. The highest BCUT2D eigenvalue weighted by Crippen LogP contribution is 2.57. The van der Waals surface area contributed by atoms with Crippen LogP contribution in [0.3, 0.4) is 0 Å². The molecule has 1 saturated carbocycles. The van der Waals surface area contributed by atoms with Crippen LogP contribution in [0.5, 0.6) is 0 Å². The van der Waals surface area contributed by atoms with Crippen molar-refractivity contribution in [3.05, 3.63) is 58.1 Å². The van der Waals surface area contributed by atoms with E-state index in [1.807, 2.05) is 14.1 Å². The molecule has 2 fully saturated rings. The molecule has 5 heterocycles. The monoisotopic (exact) mass is 587 g/mol. The van der Waals surface area contributed by atoms with Gasteiger partial charge in [0.1, 0.15) is 16.9 Å². The van der Waals surface area contributed by atoms with Crippen molar-refractivity contribution in [1.29, 1.82) is 0 Å².